The van der Waals surface area contributed by atoms with Crippen LogP contribution in [0.5, 0.6) is 0 Å². The van der Waals surface area contributed by atoms with E-state index in [1.54, 1.807) is 0 Å². The number of carboxylic acids is 4. The van der Waals surface area contributed by atoms with Gasteiger partial charge in [0.15, 0.2) is 5.58 Å². The number of aliphatic carboxylic acids is 4. The Morgan fingerprint density at radius 2 is 1.35 bits per heavy atom. The molecule has 0 radical (unpaired) electrons. The van der Waals surface area contributed by atoms with Crippen LogP contribution in [0.25, 0.3) is 11.0 Å². The molecule has 1 aromatic heterocycles. The van der Waals surface area contributed by atoms with Crippen LogP contribution < -0.4 is 0 Å². The molecule has 4 N–H and O–H groups in total. The van der Waals surface area contributed by atoms with Crippen molar-refractivity contribution in [3.8, 4) is 0 Å². The second kappa shape index (κ2) is 20.1. The van der Waals surface area contributed by atoms with Gasteiger partial charge in [-0.05, 0) is 65.8 Å². The Bertz CT molecular complexity index is 1710. The molecule has 1 saturated heterocycles. The molecule has 0 spiro atoms. The van der Waals surface area contributed by atoms with Crippen LogP contribution >= 0.6 is 0 Å². The largest absolute Gasteiger partial charge is 0.478 e. The van der Waals surface area contributed by atoms with Gasteiger partial charge in [0, 0.05) is 61.3 Å². The minimum Gasteiger partial charge on any atom is -0.478 e. The Morgan fingerprint density at radius 1 is 0.833 bits per heavy atom. The van der Waals surface area contributed by atoms with Crippen molar-refractivity contribution in [3.05, 3.63) is 89.4 Å². The molecule has 3 aromatic rings. The number of benzene rings is 2. The molecule has 15 heteroatoms. The van der Waals surface area contributed by atoms with Crippen LogP contribution in [0.2, 0.25) is 16.6 Å². The highest BCUT2D eigenvalue weighted by Gasteiger charge is 2.49. The SMILES string of the molecule is CC(C)[Si](OC1c2ccccc2CN1CCN1CCC(c2noc3cc(F)ccc23)CC1)(C(C)C)C(C)C.O=C(O)/C=C/C(=O)O.O=C(O)/C=C/C(=O)O. The summed E-state index contributed by atoms with van der Waals surface area (Å²) in [5.74, 6) is -4.95. The highest BCUT2D eigenvalue weighted by molar-refractivity contribution is 6.77. The fraction of sp³-hybridized carbons (Fsp3) is 0.462. The third-order valence-electron chi connectivity index (χ3n) is 9.93. The number of carboxylic acid groups (broad SMARTS) is 4. The number of rotatable bonds is 13. The van der Waals surface area contributed by atoms with E-state index >= 15 is 0 Å². The normalized spacial score (nSPS) is 16.8. The lowest BCUT2D eigenvalue weighted by molar-refractivity contribution is -0.134. The van der Waals surface area contributed by atoms with Crippen LogP contribution in [0, 0.1) is 5.82 Å². The van der Waals surface area contributed by atoms with Gasteiger partial charge in [0.2, 0.25) is 8.32 Å². The van der Waals surface area contributed by atoms with Gasteiger partial charge in [-0.2, -0.15) is 0 Å². The van der Waals surface area contributed by atoms with E-state index in [9.17, 15) is 23.6 Å². The Balaban J connectivity index is 0.000000410. The first-order valence-corrected chi connectivity index (χ1v) is 20.1. The summed E-state index contributed by atoms with van der Waals surface area (Å²) in [5, 5.41) is 36.5. The maximum Gasteiger partial charge on any atom is 0.328 e. The van der Waals surface area contributed by atoms with E-state index in [1.165, 1.54) is 23.3 Å². The minimum atomic E-state index is -2.03. The molecule has 2 aliphatic heterocycles. The van der Waals surface area contributed by atoms with Crippen molar-refractivity contribution in [3.63, 3.8) is 0 Å². The molecule has 1 atom stereocenters. The third kappa shape index (κ3) is 11.9. The predicted octanol–water partition coefficient (Wildman–Crippen LogP) is 7.28. The average molecular weight is 770 g/mol. The molecule has 54 heavy (non-hydrogen) atoms. The topological polar surface area (TPSA) is 191 Å². The smallest absolute Gasteiger partial charge is 0.328 e. The molecule has 1 fully saturated rings. The molecule has 0 saturated carbocycles. The number of carbonyl (C=O) groups is 4. The van der Waals surface area contributed by atoms with Gasteiger partial charge >= 0.3 is 23.9 Å². The zero-order chi connectivity index (χ0) is 40.2. The number of hydrogen-bond donors (Lipinski definition) is 4. The van der Waals surface area contributed by atoms with Crippen LogP contribution in [0.1, 0.15) is 83.4 Å². The molecular formula is C39H52FN3O10Si. The average Bonchev–Trinajstić information content (AvgIpc) is 3.68. The van der Waals surface area contributed by atoms with Gasteiger partial charge < -0.3 is 34.3 Å². The van der Waals surface area contributed by atoms with E-state index in [-0.39, 0.29) is 12.0 Å². The van der Waals surface area contributed by atoms with Crippen molar-refractivity contribution >= 4 is 43.2 Å². The zero-order valence-corrected chi connectivity index (χ0v) is 32.6. The number of likely N-dealkylation sites (tertiary alicyclic amines) is 1. The van der Waals surface area contributed by atoms with E-state index in [4.69, 9.17) is 29.4 Å². The molecule has 1 unspecified atom stereocenters. The fourth-order valence-corrected chi connectivity index (χ4v) is 13.0. The number of hydrogen-bond acceptors (Lipinski definition) is 9. The maximum absolute atomic E-state index is 13.6. The van der Waals surface area contributed by atoms with Crippen LogP contribution in [-0.4, -0.2) is 93.8 Å². The van der Waals surface area contributed by atoms with Gasteiger partial charge in [0.05, 0.1) is 5.69 Å². The molecule has 0 bridgehead atoms. The summed E-state index contributed by atoms with van der Waals surface area (Å²) in [6, 6.07) is 13.6. The molecule has 2 aliphatic rings. The summed E-state index contributed by atoms with van der Waals surface area (Å²) in [4.78, 5) is 43.4. The van der Waals surface area contributed by atoms with Gasteiger partial charge in [0.1, 0.15) is 12.0 Å². The van der Waals surface area contributed by atoms with E-state index < -0.39 is 32.2 Å². The number of piperidine rings is 1. The Morgan fingerprint density at radius 3 is 1.85 bits per heavy atom. The first-order chi connectivity index (χ1) is 25.5. The Kier molecular flexibility index (Phi) is 16.3. The molecule has 2 aromatic carbocycles. The van der Waals surface area contributed by atoms with Crippen LogP contribution in [0.4, 0.5) is 4.39 Å². The van der Waals surface area contributed by atoms with E-state index in [1.807, 2.05) is 6.07 Å². The predicted molar refractivity (Wildman–Crippen MR) is 203 cm³/mol. The van der Waals surface area contributed by atoms with E-state index in [2.05, 4.69) is 80.8 Å². The van der Waals surface area contributed by atoms with Crippen molar-refractivity contribution in [1.29, 1.82) is 0 Å². The summed E-state index contributed by atoms with van der Waals surface area (Å²) in [7, 11) is -2.03. The number of fused-ring (bicyclic) bond motifs is 2. The monoisotopic (exact) mass is 769 g/mol. The molecule has 0 amide bonds. The highest BCUT2D eigenvalue weighted by atomic mass is 28.4. The van der Waals surface area contributed by atoms with Crippen molar-refractivity contribution in [2.45, 2.75) is 89.7 Å². The molecule has 5 rings (SSSR count). The number of halogens is 1. The lowest BCUT2D eigenvalue weighted by Crippen LogP contribution is -2.50. The highest BCUT2D eigenvalue weighted by Crippen LogP contribution is 2.48. The minimum absolute atomic E-state index is 0.0458. The van der Waals surface area contributed by atoms with Gasteiger partial charge in [-0.1, -0.05) is 71.0 Å². The summed E-state index contributed by atoms with van der Waals surface area (Å²) in [5.41, 5.74) is 5.97. The zero-order valence-electron chi connectivity index (χ0n) is 31.6. The Labute approximate surface area is 315 Å². The molecule has 3 heterocycles. The lowest BCUT2D eigenvalue weighted by atomic mass is 9.91. The van der Waals surface area contributed by atoms with Gasteiger partial charge in [-0.25, -0.2) is 23.6 Å². The second-order valence-electron chi connectivity index (χ2n) is 14.3. The van der Waals surface area contributed by atoms with Crippen molar-refractivity contribution < 1.29 is 52.9 Å². The van der Waals surface area contributed by atoms with Crippen molar-refractivity contribution in [2.24, 2.45) is 0 Å². The molecule has 294 valence electrons. The summed E-state index contributed by atoms with van der Waals surface area (Å²) in [6.07, 6.45) is 4.37. The van der Waals surface area contributed by atoms with E-state index in [0.717, 1.165) is 56.6 Å². The molecular weight excluding hydrogens is 718 g/mol. The molecule has 0 aliphatic carbocycles. The van der Waals surface area contributed by atoms with Gasteiger partial charge in [-0.15, -0.1) is 0 Å². The quantitative estimate of drug-likeness (QED) is 0.100. The third-order valence-corrected chi connectivity index (χ3v) is 16.0. The van der Waals surface area contributed by atoms with Gasteiger partial charge in [-0.3, -0.25) is 4.90 Å². The Hall–Kier alpha value is -4.70. The van der Waals surface area contributed by atoms with Crippen LogP contribution in [0.3, 0.4) is 0 Å². The van der Waals surface area contributed by atoms with Crippen molar-refractivity contribution in [1.82, 2.24) is 15.0 Å². The lowest BCUT2D eigenvalue weighted by Gasteiger charge is -2.46. The standard InChI is InChI=1S/C31H44FN3O2Si.2C4H4O4/c1-21(2)38(22(3)4,23(5)6)37-31-27-10-8-7-9-25(27)20-35(31)18-17-34-15-13-24(14-16-34)30-28-12-11-26(32)19-29(28)36-33-30;2*5-3(6)1-2-4(7)8/h7-12,19,21-24,31H,13-18,20H2,1-6H3;2*1-2H,(H,5,6)(H,7,8)/b;2*2-1+. The van der Waals surface area contributed by atoms with Crippen LogP contribution in [0.15, 0.2) is 71.3 Å². The number of nitrogens with zero attached hydrogens (tertiary/aromatic N) is 3. The van der Waals surface area contributed by atoms with Gasteiger partial charge in [0.25, 0.3) is 0 Å². The van der Waals surface area contributed by atoms with E-state index in [0.29, 0.717) is 52.4 Å². The first-order valence-electron chi connectivity index (χ1n) is 18.0. The summed E-state index contributed by atoms with van der Waals surface area (Å²) in [6.45, 7) is 19.3. The van der Waals surface area contributed by atoms with Crippen molar-refractivity contribution in [2.75, 3.05) is 26.2 Å². The fourth-order valence-electron chi connectivity index (χ4n) is 7.56. The first kappa shape index (κ1) is 43.7. The molecule has 13 nitrogen and oxygen atoms in total. The van der Waals surface area contributed by atoms with Crippen LogP contribution in [-0.2, 0) is 30.1 Å². The summed E-state index contributed by atoms with van der Waals surface area (Å²) >= 11 is 0. The second-order valence-corrected chi connectivity index (χ2v) is 19.7. The maximum atomic E-state index is 13.6. The summed E-state index contributed by atoms with van der Waals surface area (Å²) < 4.78 is 26.4. The number of aromatic nitrogens is 1.